The Bertz CT molecular complexity index is 361. The predicted molar refractivity (Wildman–Crippen MR) is 73.6 cm³/mol. The molecule has 1 unspecified atom stereocenters. The summed E-state index contributed by atoms with van der Waals surface area (Å²) in [4.78, 5) is 4.59. The lowest BCUT2D eigenvalue weighted by Gasteiger charge is -2.27. The summed E-state index contributed by atoms with van der Waals surface area (Å²) in [5.74, 6) is 0.767. The quantitative estimate of drug-likeness (QED) is 0.870. The first-order valence-corrected chi connectivity index (χ1v) is 7.04. The third-order valence-electron chi connectivity index (χ3n) is 3.90. The van der Waals surface area contributed by atoms with Crippen LogP contribution in [0.15, 0.2) is 18.3 Å². The molecule has 1 fully saturated rings. The fourth-order valence-corrected chi connectivity index (χ4v) is 2.75. The fourth-order valence-electron chi connectivity index (χ4n) is 2.75. The zero-order chi connectivity index (χ0) is 12.8. The van der Waals surface area contributed by atoms with Gasteiger partial charge in [-0.25, -0.2) is 0 Å². The lowest BCUT2D eigenvalue weighted by Crippen LogP contribution is -2.25. The molecule has 2 heterocycles. The van der Waals surface area contributed by atoms with Crippen LogP contribution in [-0.4, -0.2) is 25.2 Å². The molecule has 0 amide bonds. The van der Waals surface area contributed by atoms with Crippen molar-refractivity contribution in [1.29, 1.82) is 0 Å². The lowest BCUT2D eigenvalue weighted by atomic mass is 9.89. The Kier molecular flexibility index (Phi) is 5.14. The van der Waals surface area contributed by atoms with Gasteiger partial charge in [-0.1, -0.05) is 13.0 Å². The van der Waals surface area contributed by atoms with E-state index in [9.17, 15) is 0 Å². The minimum absolute atomic E-state index is 0.379. The SMILES string of the molecule is CCc1cccnc1C(CC1CCOCC1)NC. The second-order valence-electron chi connectivity index (χ2n) is 5.03. The molecule has 3 heteroatoms. The fraction of sp³-hybridized carbons (Fsp3) is 0.667. The molecule has 0 aliphatic carbocycles. The number of nitrogens with zero attached hydrogens (tertiary/aromatic N) is 1. The topological polar surface area (TPSA) is 34.1 Å². The smallest absolute Gasteiger partial charge is 0.0604 e. The van der Waals surface area contributed by atoms with Gasteiger partial charge in [0.25, 0.3) is 0 Å². The van der Waals surface area contributed by atoms with Crippen molar-refractivity contribution in [3.05, 3.63) is 29.6 Å². The molecule has 1 atom stereocenters. The van der Waals surface area contributed by atoms with E-state index < -0.39 is 0 Å². The van der Waals surface area contributed by atoms with Crippen LogP contribution in [0.3, 0.4) is 0 Å². The Morgan fingerprint density at radius 2 is 2.22 bits per heavy atom. The van der Waals surface area contributed by atoms with Gasteiger partial charge in [0, 0.05) is 25.5 Å². The summed E-state index contributed by atoms with van der Waals surface area (Å²) in [7, 11) is 2.04. The maximum Gasteiger partial charge on any atom is 0.0604 e. The van der Waals surface area contributed by atoms with Crippen molar-refractivity contribution >= 4 is 0 Å². The molecule has 0 saturated carbocycles. The number of pyridine rings is 1. The molecule has 1 aromatic heterocycles. The first-order chi connectivity index (χ1) is 8.85. The molecule has 1 N–H and O–H groups in total. The number of ether oxygens (including phenoxy) is 1. The van der Waals surface area contributed by atoms with Crippen LogP contribution in [0.25, 0.3) is 0 Å². The van der Waals surface area contributed by atoms with E-state index in [1.54, 1.807) is 0 Å². The average molecular weight is 248 g/mol. The average Bonchev–Trinajstić information content (AvgIpc) is 2.46. The van der Waals surface area contributed by atoms with Crippen molar-refractivity contribution in [3.63, 3.8) is 0 Å². The van der Waals surface area contributed by atoms with Crippen LogP contribution in [0.2, 0.25) is 0 Å². The first kappa shape index (κ1) is 13.5. The van der Waals surface area contributed by atoms with Crippen LogP contribution < -0.4 is 5.32 Å². The van der Waals surface area contributed by atoms with Gasteiger partial charge in [-0.05, 0) is 50.3 Å². The normalized spacial score (nSPS) is 18.8. The van der Waals surface area contributed by atoms with Crippen molar-refractivity contribution in [1.82, 2.24) is 10.3 Å². The number of nitrogens with one attached hydrogen (secondary N) is 1. The van der Waals surface area contributed by atoms with Crippen LogP contribution >= 0.6 is 0 Å². The second-order valence-corrected chi connectivity index (χ2v) is 5.03. The number of hydrogen-bond donors (Lipinski definition) is 1. The molecule has 1 aliphatic heterocycles. The van der Waals surface area contributed by atoms with E-state index in [0.717, 1.165) is 25.6 Å². The van der Waals surface area contributed by atoms with Gasteiger partial charge >= 0.3 is 0 Å². The van der Waals surface area contributed by atoms with E-state index in [1.165, 1.54) is 30.5 Å². The monoisotopic (exact) mass is 248 g/mol. The summed E-state index contributed by atoms with van der Waals surface area (Å²) in [5.41, 5.74) is 2.60. The number of aryl methyl sites for hydroxylation is 1. The van der Waals surface area contributed by atoms with Crippen LogP contribution in [0.5, 0.6) is 0 Å². The molecule has 2 rings (SSSR count). The van der Waals surface area contributed by atoms with Crippen molar-refractivity contribution in [2.24, 2.45) is 5.92 Å². The van der Waals surface area contributed by atoms with Crippen LogP contribution in [-0.2, 0) is 11.2 Å². The third kappa shape index (κ3) is 3.30. The standard InChI is InChI=1S/C15H24N2O/c1-3-13-5-4-8-17-15(13)14(16-2)11-12-6-9-18-10-7-12/h4-5,8,12,14,16H,3,6-7,9-11H2,1-2H3. The Labute approximate surface area is 110 Å². The van der Waals surface area contributed by atoms with Crippen molar-refractivity contribution in [2.75, 3.05) is 20.3 Å². The molecule has 1 aliphatic rings. The Hall–Kier alpha value is -0.930. The second kappa shape index (κ2) is 6.86. The van der Waals surface area contributed by atoms with Gasteiger partial charge < -0.3 is 10.1 Å². The highest BCUT2D eigenvalue weighted by Gasteiger charge is 2.21. The Morgan fingerprint density at radius 1 is 1.44 bits per heavy atom. The van der Waals surface area contributed by atoms with Gasteiger partial charge in [0.05, 0.1) is 5.69 Å². The van der Waals surface area contributed by atoms with Gasteiger partial charge in [0.15, 0.2) is 0 Å². The van der Waals surface area contributed by atoms with E-state index in [2.05, 4.69) is 23.3 Å². The number of rotatable bonds is 5. The maximum absolute atomic E-state index is 5.43. The molecule has 0 bridgehead atoms. The van der Waals surface area contributed by atoms with Crippen LogP contribution in [0.1, 0.15) is 43.5 Å². The summed E-state index contributed by atoms with van der Waals surface area (Å²) in [6.45, 7) is 4.04. The van der Waals surface area contributed by atoms with E-state index in [4.69, 9.17) is 4.74 Å². The largest absolute Gasteiger partial charge is 0.381 e. The molecule has 1 saturated heterocycles. The third-order valence-corrected chi connectivity index (χ3v) is 3.90. The number of aromatic nitrogens is 1. The lowest BCUT2D eigenvalue weighted by molar-refractivity contribution is 0.0606. The first-order valence-electron chi connectivity index (χ1n) is 7.04. The van der Waals surface area contributed by atoms with E-state index in [-0.39, 0.29) is 0 Å². The summed E-state index contributed by atoms with van der Waals surface area (Å²) < 4.78 is 5.43. The Balaban J connectivity index is 2.07. The van der Waals surface area contributed by atoms with Gasteiger partial charge in [-0.15, -0.1) is 0 Å². The summed E-state index contributed by atoms with van der Waals surface area (Å²) in [6.07, 6.45) is 6.50. The predicted octanol–water partition coefficient (Wildman–Crippen LogP) is 2.72. The highest BCUT2D eigenvalue weighted by Crippen LogP contribution is 2.28. The zero-order valence-corrected chi connectivity index (χ0v) is 11.5. The minimum Gasteiger partial charge on any atom is -0.381 e. The molecule has 0 aromatic carbocycles. The van der Waals surface area contributed by atoms with Gasteiger partial charge in [-0.2, -0.15) is 0 Å². The molecule has 0 spiro atoms. The molecular formula is C15H24N2O. The molecule has 1 aromatic rings. The van der Waals surface area contributed by atoms with Crippen molar-refractivity contribution in [3.8, 4) is 0 Å². The highest BCUT2D eigenvalue weighted by atomic mass is 16.5. The van der Waals surface area contributed by atoms with E-state index >= 15 is 0 Å². The highest BCUT2D eigenvalue weighted by molar-refractivity contribution is 5.22. The van der Waals surface area contributed by atoms with E-state index in [1.807, 2.05) is 19.3 Å². The van der Waals surface area contributed by atoms with E-state index in [0.29, 0.717) is 6.04 Å². The molecule has 18 heavy (non-hydrogen) atoms. The zero-order valence-electron chi connectivity index (χ0n) is 11.5. The maximum atomic E-state index is 5.43. The van der Waals surface area contributed by atoms with Crippen molar-refractivity contribution < 1.29 is 4.74 Å². The van der Waals surface area contributed by atoms with Crippen LogP contribution in [0.4, 0.5) is 0 Å². The molecular weight excluding hydrogens is 224 g/mol. The van der Waals surface area contributed by atoms with Gasteiger partial charge in [0.2, 0.25) is 0 Å². The molecule has 100 valence electrons. The summed E-state index contributed by atoms with van der Waals surface area (Å²) in [5, 5.41) is 3.44. The van der Waals surface area contributed by atoms with Gasteiger partial charge in [0.1, 0.15) is 0 Å². The van der Waals surface area contributed by atoms with Crippen LogP contribution in [0, 0.1) is 5.92 Å². The number of hydrogen-bond acceptors (Lipinski definition) is 3. The van der Waals surface area contributed by atoms with Crippen molar-refractivity contribution in [2.45, 2.75) is 38.6 Å². The molecule has 3 nitrogen and oxygen atoms in total. The van der Waals surface area contributed by atoms with Gasteiger partial charge in [-0.3, -0.25) is 4.98 Å². The minimum atomic E-state index is 0.379. The summed E-state index contributed by atoms with van der Waals surface area (Å²) >= 11 is 0. The summed E-state index contributed by atoms with van der Waals surface area (Å²) in [6, 6.07) is 4.60. The molecule has 0 radical (unpaired) electrons. The Morgan fingerprint density at radius 3 is 2.89 bits per heavy atom.